The topological polar surface area (TPSA) is 67.2 Å². The number of rotatable bonds is 5. The molecular weight excluding hydrogens is 403 g/mol. The van der Waals surface area contributed by atoms with E-state index in [0.717, 1.165) is 25.9 Å². The normalized spacial score (nSPS) is 13.5. The zero-order valence-corrected chi connectivity index (χ0v) is 17.3. The molecule has 3 aromatic rings. The van der Waals surface area contributed by atoms with E-state index in [-0.39, 0.29) is 17.6 Å². The number of nitrogens with zero attached hydrogens (tertiary/aromatic N) is 3. The average Bonchev–Trinajstić information content (AvgIpc) is 3.44. The number of hydrogen-bond donors (Lipinski definition) is 1. The third-order valence-electron chi connectivity index (χ3n) is 5.01. The van der Waals surface area contributed by atoms with Gasteiger partial charge in [-0.2, -0.15) is 0 Å². The van der Waals surface area contributed by atoms with E-state index < -0.39 is 0 Å². The summed E-state index contributed by atoms with van der Waals surface area (Å²) < 4.78 is 15.0. The summed E-state index contributed by atoms with van der Waals surface area (Å²) in [5.74, 6) is -0.672. The van der Waals surface area contributed by atoms with Crippen molar-refractivity contribution < 1.29 is 14.0 Å². The molecule has 1 saturated heterocycles. The van der Waals surface area contributed by atoms with E-state index >= 15 is 0 Å². The molecule has 1 aliphatic heterocycles. The van der Waals surface area contributed by atoms with Crippen LogP contribution in [-0.2, 0) is 0 Å². The Morgan fingerprint density at radius 1 is 1.03 bits per heavy atom. The average molecular weight is 425 g/mol. The number of amides is 2. The first-order chi connectivity index (χ1) is 14.6. The molecule has 4 rings (SSSR count). The highest BCUT2D eigenvalue weighted by Gasteiger charge is 2.20. The van der Waals surface area contributed by atoms with Gasteiger partial charge in [-0.3, -0.25) is 14.2 Å². The molecule has 1 aromatic heterocycles. The van der Waals surface area contributed by atoms with Crippen molar-refractivity contribution in [1.82, 2.24) is 14.5 Å². The standard InChI is InChI=1S/C22H21FN4O2S/c1-30-22-24-14-19(27(22)18-10-6-16(23)7-11-18)20(28)25-17-8-4-15(5-9-17)21(29)26-12-2-3-13-26/h4-11,14H,2-3,12-13H2,1H3,(H,25,28). The maximum Gasteiger partial charge on any atom is 0.274 e. The van der Waals surface area contributed by atoms with Gasteiger partial charge in [-0.15, -0.1) is 0 Å². The van der Waals surface area contributed by atoms with Crippen molar-refractivity contribution in [1.29, 1.82) is 0 Å². The lowest BCUT2D eigenvalue weighted by molar-refractivity contribution is 0.0792. The second kappa shape index (κ2) is 8.71. The smallest absolute Gasteiger partial charge is 0.274 e. The predicted molar refractivity (Wildman–Crippen MR) is 115 cm³/mol. The number of likely N-dealkylation sites (tertiary alicyclic amines) is 1. The predicted octanol–water partition coefficient (Wildman–Crippen LogP) is 4.22. The highest BCUT2D eigenvalue weighted by Crippen LogP contribution is 2.23. The van der Waals surface area contributed by atoms with E-state index in [1.807, 2.05) is 11.2 Å². The number of carbonyl (C=O) groups excluding carboxylic acids is 2. The third kappa shape index (κ3) is 4.09. The van der Waals surface area contributed by atoms with Crippen molar-refractivity contribution in [2.45, 2.75) is 18.0 Å². The van der Waals surface area contributed by atoms with Crippen LogP contribution in [0.25, 0.3) is 5.69 Å². The number of imidazole rings is 1. The summed E-state index contributed by atoms with van der Waals surface area (Å²) >= 11 is 1.39. The molecule has 1 aliphatic rings. The minimum atomic E-state index is -0.348. The van der Waals surface area contributed by atoms with Crippen LogP contribution in [0.2, 0.25) is 0 Å². The van der Waals surface area contributed by atoms with Crippen LogP contribution in [0.5, 0.6) is 0 Å². The Bertz CT molecular complexity index is 1060. The fourth-order valence-corrected chi connectivity index (χ4v) is 4.02. The minimum Gasteiger partial charge on any atom is -0.339 e. The Balaban J connectivity index is 1.53. The van der Waals surface area contributed by atoms with Gasteiger partial charge in [0.1, 0.15) is 11.5 Å². The van der Waals surface area contributed by atoms with Crippen molar-refractivity contribution in [3.8, 4) is 5.69 Å². The Labute approximate surface area is 178 Å². The lowest BCUT2D eigenvalue weighted by Gasteiger charge is -2.15. The molecule has 0 bridgehead atoms. The zero-order chi connectivity index (χ0) is 21.1. The molecule has 0 atom stereocenters. The van der Waals surface area contributed by atoms with Gasteiger partial charge in [0.15, 0.2) is 5.16 Å². The van der Waals surface area contributed by atoms with Gasteiger partial charge in [-0.1, -0.05) is 11.8 Å². The van der Waals surface area contributed by atoms with Gasteiger partial charge in [-0.25, -0.2) is 9.37 Å². The fraction of sp³-hybridized carbons (Fsp3) is 0.227. The van der Waals surface area contributed by atoms with E-state index in [2.05, 4.69) is 10.3 Å². The number of nitrogens with one attached hydrogen (secondary N) is 1. The van der Waals surface area contributed by atoms with E-state index in [1.54, 1.807) is 41.0 Å². The number of hydrogen-bond acceptors (Lipinski definition) is 4. The van der Waals surface area contributed by atoms with Crippen LogP contribution in [0.4, 0.5) is 10.1 Å². The highest BCUT2D eigenvalue weighted by molar-refractivity contribution is 7.98. The summed E-state index contributed by atoms with van der Waals surface area (Å²) in [7, 11) is 0. The molecule has 154 valence electrons. The molecule has 0 spiro atoms. The van der Waals surface area contributed by atoms with E-state index in [4.69, 9.17) is 0 Å². The summed E-state index contributed by atoms with van der Waals surface area (Å²) in [6.45, 7) is 1.59. The van der Waals surface area contributed by atoms with Gasteiger partial charge < -0.3 is 10.2 Å². The quantitative estimate of drug-likeness (QED) is 0.623. The van der Waals surface area contributed by atoms with E-state index in [0.29, 0.717) is 27.8 Å². The molecule has 0 aliphatic carbocycles. The van der Waals surface area contributed by atoms with Gasteiger partial charge in [0.2, 0.25) is 0 Å². The van der Waals surface area contributed by atoms with Gasteiger partial charge in [0, 0.05) is 30.0 Å². The summed E-state index contributed by atoms with van der Waals surface area (Å²) in [4.78, 5) is 31.5. The molecule has 2 aromatic carbocycles. The van der Waals surface area contributed by atoms with Crippen LogP contribution in [0.3, 0.4) is 0 Å². The van der Waals surface area contributed by atoms with Crippen LogP contribution < -0.4 is 5.32 Å². The summed E-state index contributed by atoms with van der Waals surface area (Å²) in [5, 5.41) is 3.47. The summed E-state index contributed by atoms with van der Waals surface area (Å²) in [6, 6.07) is 12.8. The van der Waals surface area contributed by atoms with Crippen molar-refractivity contribution in [3.63, 3.8) is 0 Å². The van der Waals surface area contributed by atoms with Crippen molar-refractivity contribution in [2.24, 2.45) is 0 Å². The molecule has 0 radical (unpaired) electrons. The Hall–Kier alpha value is -3.13. The van der Waals surface area contributed by atoms with Gasteiger partial charge in [-0.05, 0) is 67.6 Å². The first kappa shape index (κ1) is 20.2. The van der Waals surface area contributed by atoms with Gasteiger partial charge >= 0.3 is 0 Å². The lowest BCUT2D eigenvalue weighted by Crippen LogP contribution is -2.27. The molecular formula is C22H21FN4O2S. The van der Waals surface area contributed by atoms with Crippen LogP contribution in [-0.4, -0.2) is 45.6 Å². The maximum atomic E-state index is 13.3. The number of thioether (sulfide) groups is 1. The molecule has 2 heterocycles. The summed E-state index contributed by atoms with van der Waals surface area (Å²) in [5.41, 5.74) is 2.17. The number of anilines is 1. The van der Waals surface area contributed by atoms with Gasteiger partial charge in [0.25, 0.3) is 11.8 Å². The molecule has 8 heteroatoms. The first-order valence-corrected chi connectivity index (χ1v) is 10.9. The minimum absolute atomic E-state index is 0.0179. The largest absolute Gasteiger partial charge is 0.339 e. The van der Waals surface area contributed by atoms with Crippen molar-refractivity contribution in [3.05, 3.63) is 71.8 Å². The van der Waals surface area contributed by atoms with Crippen LogP contribution in [0.1, 0.15) is 33.7 Å². The molecule has 0 unspecified atom stereocenters. The number of carbonyl (C=O) groups is 2. The second-order valence-corrected chi connectivity index (χ2v) is 7.75. The first-order valence-electron chi connectivity index (χ1n) is 9.65. The Morgan fingerprint density at radius 3 is 2.33 bits per heavy atom. The highest BCUT2D eigenvalue weighted by atomic mass is 32.2. The maximum absolute atomic E-state index is 13.3. The lowest BCUT2D eigenvalue weighted by atomic mass is 10.2. The Morgan fingerprint density at radius 2 is 1.70 bits per heavy atom. The molecule has 1 N–H and O–H groups in total. The van der Waals surface area contributed by atoms with Gasteiger partial charge in [0.05, 0.1) is 6.20 Å². The third-order valence-corrected chi connectivity index (χ3v) is 5.67. The van der Waals surface area contributed by atoms with E-state index in [1.165, 1.54) is 30.1 Å². The molecule has 30 heavy (non-hydrogen) atoms. The van der Waals surface area contributed by atoms with Crippen molar-refractivity contribution >= 4 is 29.3 Å². The van der Waals surface area contributed by atoms with E-state index in [9.17, 15) is 14.0 Å². The molecule has 6 nitrogen and oxygen atoms in total. The number of benzene rings is 2. The zero-order valence-electron chi connectivity index (χ0n) is 16.5. The monoisotopic (exact) mass is 424 g/mol. The van der Waals surface area contributed by atoms with Crippen LogP contribution in [0, 0.1) is 5.82 Å². The Kier molecular flexibility index (Phi) is 5.85. The van der Waals surface area contributed by atoms with Crippen LogP contribution in [0.15, 0.2) is 59.9 Å². The second-order valence-electron chi connectivity index (χ2n) is 6.97. The fourth-order valence-electron chi connectivity index (χ4n) is 3.47. The molecule has 2 amide bonds. The number of halogens is 1. The molecule has 0 saturated carbocycles. The van der Waals surface area contributed by atoms with Crippen molar-refractivity contribution in [2.75, 3.05) is 24.7 Å². The number of aromatic nitrogens is 2. The van der Waals surface area contributed by atoms with Crippen LogP contribution >= 0.6 is 11.8 Å². The molecule has 1 fully saturated rings. The summed E-state index contributed by atoms with van der Waals surface area (Å²) in [6.07, 6.45) is 5.44. The SMILES string of the molecule is CSc1ncc(C(=O)Nc2ccc(C(=O)N3CCCC3)cc2)n1-c1ccc(F)cc1.